The van der Waals surface area contributed by atoms with Crippen molar-refractivity contribution >= 4 is 31.6 Å². The second-order valence-corrected chi connectivity index (χ2v) is 7.56. The molecule has 1 aromatic carbocycles. The molecule has 5 nitrogen and oxygen atoms in total. The Morgan fingerprint density at radius 2 is 2.21 bits per heavy atom. The van der Waals surface area contributed by atoms with E-state index in [1.807, 2.05) is 0 Å². The lowest BCUT2D eigenvalue weighted by atomic mass is 10.0. The second-order valence-electron chi connectivity index (χ2n) is 4.74. The van der Waals surface area contributed by atoms with E-state index in [1.54, 1.807) is 12.1 Å². The summed E-state index contributed by atoms with van der Waals surface area (Å²) in [5.74, 6) is 0.0110. The number of halogens is 1. The summed E-state index contributed by atoms with van der Waals surface area (Å²) >= 11 is 3.26. The number of benzene rings is 1. The minimum atomic E-state index is -3.59. The van der Waals surface area contributed by atoms with Crippen LogP contribution in [0.2, 0.25) is 0 Å². The Balaban J connectivity index is 2.34. The molecule has 3 N–H and O–H groups in total. The van der Waals surface area contributed by atoms with Gasteiger partial charge in [-0.1, -0.05) is 15.9 Å². The number of nitrogens with zero attached hydrogens (tertiary/aromatic N) is 1. The van der Waals surface area contributed by atoms with E-state index in [-0.39, 0.29) is 23.1 Å². The molecule has 1 aliphatic heterocycles. The van der Waals surface area contributed by atoms with Crippen LogP contribution in [0.1, 0.15) is 12.8 Å². The monoisotopic (exact) mass is 348 g/mol. The predicted octanol–water partition coefficient (Wildman–Crippen LogP) is 1.42. The van der Waals surface area contributed by atoms with Crippen molar-refractivity contribution in [2.75, 3.05) is 25.4 Å². The van der Waals surface area contributed by atoms with Crippen LogP contribution < -0.4 is 5.73 Å². The number of sulfonamides is 1. The first-order chi connectivity index (χ1) is 8.95. The van der Waals surface area contributed by atoms with Crippen molar-refractivity contribution in [2.45, 2.75) is 17.7 Å². The molecule has 1 unspecified atom stereocenters. The number of anilines is 1. The minimum absolute atomic E-state index is 0.0110. The summed E-state index contributed by atoms with van der Waals surface area (Å²) < 4.78 is 27.2. The third kappa shape index (κ3) is 3.10. The van der Waals surface area contributed by atoms with Crippen LogP contribution in [0.25, 0.3) is 0 Å². The largest absolute Gasteiger partial charge is 0.398 e. The maximum absolute atomic E-state index is 12.6. The van der Waals surface area contributed by atoms with Crippen molar-refractivity contribution in [2.24, 2.45) is 5.92 Å². The summed E-state index contributed by atoms with van der Waals surface area (Å²) in [4.78, 5) is 0.125. The number of nitrogens with two attached hydrogens (primary N) is 1. The molecule has 0 bridgehead atoms. The molecule has 7 heteroatoms. The molecule has 2 rings (SSSR count). The van der Waals surface area contributed by atoms with Gasteiger partial charge in [-0.2, -0.15) is 4.31 Å². The van der Waals surface area contributed by atoms with Crippen molar-refractivity contribution in [1.29, 1.82) is 0 Å². The predicted molar refractivity (Wildman–Crippen MR) is 77.1 cm³/mol. The molecule has 0 radical (unpaired) electrons. The molecule has 106 valence electrons. The van der Waals surface area contributed by atoms with Gasteiger partial charge in [0.1, 0.15) is 4.90 Å². The lowest BCUT2D eigenvalue weighted by Crippen LogP contribution is -2.41. The fourth-order valence-electron chi connectivity index (χ4n) is 2.26. The summed E-state index contributed by atoms with van der Waals surface area (Å²) in [5.41, 5.74) is 6.02. The van der Waals surface area contributed by atoms with E-state index in [4.69, 9.17) is 5.73 Å². The lowest BCUT2D eigenvalue weighted by Gasteiger charge is -2.31. The van der Waals surface area contributed by atoms with Crippen LogP contribution in [-0.2, 0) is 10.0 Å². The Bertz CT molecular complexity index is 562. The summed E-state index contributed by atoms with van der Waals surface area (Å²) in [6, 6.07) is 4.80. The molecule has 0 aliphatic carbocycles. The van der Waals surface area contributed by atoms with Gasteiger partial charge in [-0.05, 0) is 37.0 Å². The average molecular weight is 349 g/mol. The fraction of sp³-hybridized carbons (Fsp3) is 0.500. The van der Waals surface area contributed by atoms with Crippen molar-refractivity contribution in [3.05, 3.63) is 22.7 Å². The van der Waals surface area contributed by atoms with Crippen molar-refractivity contribution < 1.29 is 13.5 Å². The number of piperidine rings is 1. The molecule has 0 spiro atoms. The van der Waals surface area contributed by atoms with Crippen LogP contribution in [-0.4, -0.2) is 37.5 Å². The summed E-state index contributed by atoms with van der Waals surface area (Å²) in [6.45, 7) is 0.843. The second kappa shape index (κ2) is 5.78. The maximum atomic E-state index is 12.6. The van der Waals surface area contributed by atoms with Gasteiger partial charge in [0.05, 0.1) is 5.69 Å². The van der Waals surface area contributed by atoms with E-state index < -0.39 is 10.0 Å². The van der Waals surface area contributed by atoms with Crippen molar-refractivity contribution in [3.8, 4) is 0 Å². The van der Waals surface area contributed by atoms with Crippen LogP contribution in [0.15, 0.2) is 27.6 Å². The van der Waals surface area contributed by atoms with Crippen LogP contribution in [0.5, 0.6) is 0 Å². The maximum Gasteiger partial charge on any atom is 0.245 e. The van der Waals surface area contributed by atoms with Crippen LogP contribution >= 0.6 is 15.9 Å². The van der Waals surface area contributed by atoms with E-state index >= 15 is 0 Å². The van der Waals surface area contributed by atoms with Crippen LogP contribution in [0.4, 0.5) is 5.69 Å². The molecule has 1 aromatic rings. The van der Waals surface area contributed by atoms with E-state index in [0.717, 1.165) is 12.8 Å². The number of rotatable bonds is 3. The SMILES string of the molecule is Nc1ccc(Br)cc1S(=O)(=O)N1CCCC(CO)C1. The number of nitrogen functional groups attached to an aromatic ring is 1. The molecular weight excluding hydrogens is 332 g/mol. The standard InChI is InChI=1S/C12H17BrN2O3S/c13-10-3-4-11(14)12(6-10)19(17,18)15-5-1-2-9(7-15)8-16/h3-4,6,9,16H,1-2,5,7-8,14H2. The molecule has 1 saturated heterocycles. The first-order valence-corrected chi connectivity index (χ1v) is 8.34. The van der Waals surface area contributed by atoms with Gasteiger partial charge in [-0.15, -0.1) is 0 Å². The van der Waals surface area contributed by atoms with Gasteiger partial charge in [-0.3, -0.25) is 0 Å². The molecule has 1 aliphatic rings. The molecule has 0 saturated carbocycles. The summed E-state index contributed by atoms with van der Waals surface area (Å²) in [5, 5.41) is 9.19. The number of hydrogen-bond acceptors (Lipinski definition) is 4. The van der Waals surface area contributed by atoms with E-state index in [2.05, 4.69) is 15.9 Å². The van der Waals surface area contributed by atoms with Gasteiger partial charge >= 0.3 is 0 Å². The smallest absolute Gasteiger partial charge is 0.245 e. The average Bonchev–Trinajstić information content (AvgIpc) is 2.41. The fourth-order valence-corrected chi connectivity index (χ4v) is 4.47. The highest BCUT2D eigenvalue weighted by atomic mass is 79.9. The Hall–Kier alpha value is -0.630. The van der Waals surface area contributed by atoms with E-state index in [1.165, 1.54) is 10.4 Å². The zero-order valence-electron chi connectivity index (χ0n) is 10.4. The number of hydrogen-bond donors (Lipinski definition) is 2. The third-order valence-electron chi connectivity index (χ3n) is 3.33. The van der Waals surface area contributed by atoms with Gasteiger partial charge in [0.25, 0.3) is 0 Å². The van der Waals surface area contributed by atoms with Crippen molar-refractivity contribution in [3.63, 3.8) is 0 Å². The molecule has 1 atom stereocenters. The van der Waals surface area contributed by atoms with Gasteiger partial charge in [0.15, 0.2) is 0 Å². The van der Waals surface area contributed by atoms with Gasteiger partial charge in [0, 0.05) is 24.2 Å². The topological polar surface area (TPSA) is 83.6 Å². The zero-order chi connectivity index (χ0) is 14.0. The summed E-state index contributed by atoms with van der Waals surface area (Å²) in [6.07, 6.45) is 1.62. The minimum Gasteiger partial charge on any atom is -0.398 e. The highest BCUT2D eigenvalue weighted by Gasteiger charge is 2.31. The number of aliphatic hydroxyl groups is 1. The Kier molecular flexibility index (Phi) is 4.50. The highest BCUT2D eigenvalue weighted by molar-refractivity contribution is 9.10. The van der Waals surface area contributed by atoms with Gasteiger partial charge < -0.3 is 10.8 Å². The van der Waals surface area contributed by atoms with E-state index in [9.17, 15) is 13.5 Å². The Morgan fingerprint density at radius 3 is 2.89 bits per heavy atom. The first-order valence-electron chi connectivity index (χ1n) is 6.11. The Morgan fingerprint density at radius 1 is 1.47 bits per heavy atom. The molecule has 0 aromatic heterocycles. The third-order valence-corrected chi connectivity index (χ3v) is 5.75. The number of aliphatic hydroxyl groups excluding tert-OH is 1. The van der Waals surface area contributed by atoms with Gasteiger partial charge in [-0.25, -0.2) is 8.42 Å². The Labute approximate surface area is 121 Å². The van der Waals surface area contributed by atoms with Crippen LogP contribution in [0, 0.1) is 5.92 Å². The molecule has 1 heterocycles. The van der Waals surface area contributed by atoms with E-state index in [0.29, 0.717) is 17.6 Å². The molecule has 0 amide bonds. The normalized spacial score (nSPS) is 21.5. The lowest BCUT2D eigenvalue weighted by molar-refractivity contribution is 0.165. The zero-order valence-corrected chi connectivity index (χ0v) is 12.8. The molecular formula is C12H17BrN2O3S. The summed E-state index contributed by atoms with van der Waals surface area (Å²) in [7, 11) is -3.59. The van der Waals surface area contributed by atoms with Crippen LogP contribution in [0.3, 0.4) is 0 Å². The first kappa shape index (κ1) is 14.8. The quantitative estimate of drug-likeness (QED) is 0.809. The molecule has 1 fully saturated rings. The van der Waals surface area contributed by atoms with Crippen molar-refractivity contribution in [1.82, 2.24) is 4.31 Å². The van der Waals surface area contributed by atoms with Gasteiger partial charge in [0.2, 0.25) is 10.0 Å². The molecule has 19 heavy (non-hydrogen) atoms. The highest BCUT2D eigenvalue weighted by Crippen LogP contribution is 2.29.